The van der Waals surface area contributed by atoms with Gasteiger partial charge in [0.25, 0.3) is 0 Å². The molecule has 0 saturated heterocycles. The molecule has 0 radical (unpaired) electrons. The van der Waals surface area contributed by atoms with Crippen molar-refractivity contribution in [2.75, 3.05) is 13.7 Å². The van der Waals surface area contributed by atoms with Gasteiger partial charge in [-0.2, -0.15) is 0 Å². The molecule has 0 aliphatic rings. The Labute approximate surface area is 118 Å². The number of carbonyl (C=O) groups is 2. The lowest BCUT2D eigenvalue weighted by Crippen LogP contribution is -2.38. The summed E-state index contributed by atoms with van der Waals surface area (Å²) in [6.07, 6.45) is 3.00. The monoisotopic (exact) mass is 277 g/mol. The molecule has 0 fully saturated rings. The van der Waals surface area contributed by atoms with Crippen LogP contribution in [0.1, 0.15) is 19.4 Å². The number of hydrogen-bond donors (Lipinski definition) is 1. The number of para-hydroxylation sites is 1. The van der Waals surface area contributed by atoms with Gasteiger partial charge in [0.1, 0.15) is 11.8 Å². The summed E-state index contributed by atoms with van der Waals surface area (Å²) in [4.78, 5) is 22.8. The Morgan fingerprint density at radius 3 is 2.70 bits per heavy atom. The van der Waals surface area contributed by atoms with E-state index in [1.807, 2.05) is 31.2 Å². The summed E-state index contributed by atoms with van der Waals surface area (Å²) < 4.78 is 9.98. The average molecular weight is 277 g/mol. The zero-order valence-electron chi connectivity index (χ0n) is 11.9. The molecule has 5 heteroatoms. The SMILES string of the molecule is CCOc1ccccc1C=CC(=O)NC(C)C(=O)OC. The van der Waals surface area contributed by atoms with Crippen molar-refractivity contribution < 1.29 is 19.1 Å². The van der Waals surface area contributed by atoms with Crippen LogP contribution in [-0.2, 0) is 14.3 Å². The fraction of sp³-hybridized carbons (Fsp3) is 0.333. The standard InChI is InChI=1S/C15H19NO4/c1-4-20-13-8-6-5-7-12(13)9-10-14(17)16-11(2)15(18)19-3/h5-11H,4H2,1-3H3,(H,16,17). The van der Waals surface area contributed by atoms with Crippen LogP contribution in [0, 0.1) is 0 Å². The largest absolute Gasteiger partial charge is 0.493 e. The average Bonchev–Trinajstić information content (AvgIpc) is 2.45. The molecule has 20 heavy (non-hydrogen) atoms. The maximum Gasteiger partial charge on any atom is 0.328 e. The van der Waals surface area contributed by atoms with Crippen LogP contribution in [0.4, 0.5) is 0 Å². The minimum Gasteiger partial charge on any atom is -0.493 e. The van der Waals surface area contributed by atoms with Crippen LogP contribution in [-0.4, -0.2) is 31.6 Å². The van der Waals surface area contributed by atoms with Gasteiger partial charge in [0.15, 0.2) is 0 Å². The van der Waals surface area contributed by atoms with Gasteiger partial charge in [-0.15, -0.1) is 0 Å². The zero-order valence-corrected chi connectivity index (χ0v) is 11.9. The maximum absolute atomic E-state index is 11.7. The number of benzene rings is 1. The molecule has 0 heterocycles. The molecule has 1 aromatic carbocycles. The Morgan fingerprint density at radius 1 is 1.35 bits per heavy atom. The molecule has 108 valence electrons. The van der Waals surface area contributed by atoms with Gasteiger partial charge in [0, 0.05) is 11.6 Å². The van der Waals surface area contributed by atoms with E-state index in [4.69, 9.17) is 4.74 Å². The predicted molar refractivity (Wildman–Crippen MR) is 76.3 cm³/mol. The number of hydrogen-bond acceptors (Lipinski definition) is 4. The number of rotatable bonds is 6. The first-order valence-corrected chi connectivity index (χ1v) is 6.36. The third-order valence-corrected chi connectivity index (χ3v) is 2.55. The van der Waals surface area contributed by atoms with Crippen LogP contribution in [0.5, 0.6) is 5.75 Å². The Balaban J connectivity index is 2.68. The van der Waals surface area contributed by atoms with Gasteiger partial charge < -0.3 is 14.8 Å². The summed E-state index contributed by atoms with van der Waals surface area (Å²) in [7, 11) is 1.28. The van der Waals surface area contributed by atoms with Gasteiger partial charge in [-0.25, -0.2) is 4.79 Å². The third kappa shape index (κ3) is 4.76. The van der Waals surface area contributed by atoms with Crippen LogP contribution >= 0.6 is 0 Å². The quantitative estimate of drug-likeness (QED) is 0.636. The van der Waals surface area contributed by atoms with Crippen molar-refractivity contribution in [1.82, 2.24) is 5.32 Å². The second-order valence-electron chi connectivity index (χ2n) is 4.06. The number of ether oxygens (including phenoxy) is 2. The van der Waals surface area contributed by atoms with E-state index in [0.29, 0.717) is 12.4 Å². The number of esters is 1. The summed E-state index contributed by atoms with van der Waals surface area (Å²) >= 11 is 0. The molecule has 0 saturated carbocycles. The van der Waals surface area contributed by atoms with E-state index in [2.05, 4.69) is 10.1 Å². The number of carbonyl (C=O) groups excluding carboxylic acids is 2. The topological polar surface area (TPSA) is 64.6 Å². The van der Waals surface area contributed by atoms with Crippen molar-refractivity contribution in [1.29, 1.82) is 0 Å². The van der Waals surface area contributed by atoms with Crippen LogP contribution < -0.4 is 10.1 Å². The van der Waals surface area contributed by atoms with E-state index >= 15 is 0 Å². The van der Waals surface area contributed by atoms with Crippen LogP contribution in [0.15, 0.2) is 30.3 Å². The highest BCUT2D eigenvalue weighted by Crippen LogP contribution is 2.19. The van der Waals surface area contributed by atoms with Crippen molar-refractivity contribution in [2.24, 2.45) is 0 Å². The summed E-state index contributed by atoms with van der Waals surface area (Å²) in [5.74, 6) is -0.143. The van der Waals surface area contributed by atoms with Crippen molar-refractivity contribution in [3.05, 3.63) is 35.9 Å². The van der Waals surface area contributed by atoms with Crippen LogP contribution in [0.3, 0.4) is 0 Å². The zero-order chi connectivity index (χ0) is 15.0. The van der Waals surface area contributed by atoms with E-state index in [9.17, 15) is 9.59 Å². The number of nitrogens with one attached hydrogen (secondary N) is 1. The van der Waals surface area contributed by atoms with E-state index in [1.54, 1.807) is 13.0 Å². The Bertz CT molecular complexity index is 496. The Kier molecular flexibility index (Phi) is 6.29. The highest BCUT2D eigenvalue weighted by Gasteiger charge is 2.13. The molecular weight excluding hydrogens is 258 g/mol. The van der Waals surface area contributed by atoms with E-state index in [0.717, 1.165) is 5.56 Å². The number of methoxy groups -OCH3 is 1. The molecule has 1 rings (SSSR count). The molecular formula is C15H19NO4. The number of amides is 1. The minimum atomic E-state index is -0.681. The first kappa shape index (κ1) is 15.8. The van der Waals surface area contributed by atoms with E-state index < -0.39 is 12.0 Å². The van der Waals surface area contributed by atoms with Crippen LogP contribution in [0.2, 0.25) is 0 Å². The smallest absolute Gasteiger partial charge is 0.328 e. The summed E-state index contributed by atoms with van der Waals surface area (Å²) in [5.41, 5.74) is 0.801. The highest BCUT2D eigenvalue weighted by molar-refractivity contribution is 5.94. The van der Waals surface area contributed by atoms with Crippen molar-refractivity contribution in [3.63, 3.8) is 0 Å². The molecule has 0 spiro atoms. The van der Waals surface area contributed by atoms with Gasteiger partial charge in [0.05, 0.1) is 13.7 Å². The second-order valence-corrected chi connectivity index (χ2v) is 4.06. The van der Waals surface area contributed by atoms with Gasteiger partial charge in [0.2, 0.25) is 5.91 Å². The van der Waals surface area contributed by atoms with Crippen LogP contribution in [0.25, 0.3) is 6.08 Å². The Hall–Kier alpha value is -2.30. The molecule has 0 bridgehead atoms. The van der Waals surface area contributed by atoms with Crippen molar-refractivity contribution >= 4 is 18.0 Å². The molecule has 0 aliphatic heterocycles. The first-order chi connectivity index (χ1) is 9.58. The highest BCUT2D eigenvalue weighted by atomic mass is 16.5. The summed E-state index contributed by atoms with van der Waals surface area (Å²) in [5, 5.41) is 2.51. The molecule has 5 nitrogen and oxygen atoms in total. The molecule has 1 atom stereocenters. The van der Waals surface area contributed by atoms with Crippen molar-refractivity contribution in [2.45, 2.75) is 19.9 Å². The second kappa shape index (κ2) is 7.99. The van der Waals surface area contributed by atoms with Gasteiger partial charge in [-0.3, -0.25) is 4.79 Å². The van der Waals surface area contributed by atoms with Crippen molar-refractivity contribution in [3.8, 4) is 5.75 Å². The van der Waals surface area contributed by atoms with E-state index in [1.165, 1.54) is 13.2 Å². The molecule has 1 unspecified atom stereocenters. The lowest BCUT2D eigenvalue weighted by atomic mass is 10.2. The fourth-order valence-electron chi connectivity index (χ4n) is 1.57. The first-order valence-electron chi connectivity index (χ1n) is 6.36. The summed E-state index contributed by atoms with van der Waals surface area (Å²) in [6.45, 7) is 4.01. The Morgan fingerprint density at radius 2 is 2.05 bits per heavy atom. The molecule has 1 aromatic rings. The maximum atomic E-state index is 11.7. The molecule has 1 N–H and O–H groups in total. The third-order valence-electron chi connectivity index (χ3n) is 2.55. The molecule has 0 aliphatic carbocycles. The lowest BCUT2D eigenvalue weighted by molar-refractivity contribution is -0.144. The molecule has 0 aromatic heterocycles. The predicted octanol–water partition coefficient (Wildman–Crippen LogP) is 1.78. The van der Waals surface area contributed by atoms with E-state index in [-0.39, 0.29) is 5.91 Å². The fourth-order valence-corrected chi connectivity index (χ4v) is 1.57. The normalized spacial score (nSPS) is 11.9. The lowest BCUT2D eigenvalue weighted by Gasteiger charge is -2.09. The molecule has 1 amide bonds. The van der Waals surface area contributed by atoms with Gasteiger partial charge in [-0.1, -0.05) is 18.2 Å². The van der Waals surface area contributed by atoms with Gasteiger partial charge in [-0.05, 0) is 26.0 Å². The summed E-state index contributed by atoms with van der Waals surface area (Å²) in [6, 6.07) is 6.72. The minimum absolute atomic E-state index is 0.366. The van der Waals surface area contributed by atoms with Gasteiger partial charge >= 0.3 is 5.97 Å².